The maximum atomic E-state index is 13.5. The number of carbonyl (C=O) groups excluding carboxylic acids is 2. The van der Waals surface area contributed by atoms with Crippen LogP contribution in [-0.2, 0) is 4.79 Å². The van der Waals surface area contributed by atoms with Gasteiger partial charge in [-0.25, -0.2) is 13.9 Å². The zero-order valence-electron chi connectivity index (χ0n) is 21.2. The molecule has 2 N–H and O–H groups in total. The van der Waals surface area contributed by atoms with E-state index >= 15 is 0 Å². The minimum atomic E-state index is -0.368. The molecule has 0 saturated heterocycles. The van der Waals surface area contributed by atoms with Gasteiger partial charge in [-0.1, -0.05) is 55.5 Å². The molecule has 0 aliphatic heterocycles. The number of carbonyl (C=O) groups is 2. The number of para-hydroxylation sites is 1. The predicted octanol–water partition coefficient (Wildman–Crippen LogP) is 6.18. The van der Waals surface area contributed by atoms with Gasteiger partial charge in [0.25, 0.3) is 0 Å². The first-order valence-corrected chi connectivity index (χ1v) is 12.2. The second-order valence-electron chi connectivity index (χ2n) is 8.84. The Kier molecular flexibility index (Phi) is 7.98. The average Bonchev–Trinajstić information content (AvgIpc) is 3.30. The third-order valence-electron chi connectivity index (χ3n) is 5.95. The van der Waals surface area contributed by atoms with Crippen LogP contribution in [0.2, 0.25) is 0 Å². The smallest absolute Gasteiger partial charge is 0.315 e. The van der Waals surface area contributed by atoms with E-state index in [0.29, 0.717) is 30.2 Å². The molecule has 3 amide bonds. The Bertz CT molecular complexity index is 1360. The van der Waals surface area contributed by atoms with E-state index in [2.05, 4.69) is 15.7 Å². The maximum Gasteiger partial charge on any atom is 0.322 e. The van der Waals surface area contributed by atoms with Gasteiger partial charge in [-0.05, 0) is 55.7 Å². The lowest BCUT2D eigenvalue weighted by molar-refractivity contribution is -0.116. The quantitative estimate of drug-likeness (QED) is 0.304. The number of nitrogens with one attached hydrogen (secondary N) is 2. The van der Waals surface area contributed by atoms with Crippen molar-refractivity contribution in [1.29, 1.82) is 0 Å². The second-order valence-corrected chi connectivity index (χ2v) is 8.84. The average molecular weight is 500 g/mol. The normalized spacial score (nSPS) is 10.7. The van der Waals surface area contributed by atoms with Crippen molar-refractivity contribution in [1.82, 2.24) is 14.7 Å². The summed E-state index contributed by atoms with van der Waals surface area (Å²) in [5.41, 5.74) is 4.77. The van der Waals surface area contributed by atoms with Crippen molar-refractivity contribution in [3.63, 3.8) is 0 Å². The molecule has 0 unspecified atom stereocenters. The number of halogens is 1. The van der Waals surface area contributed by atoms with Gasteiger partial charge < -0.3 is 15.5 Å². The van der Waals surface area contributed by atoms with E-state index in [9.17, 15) is 14.0 Å². The molecule has 0 atom stereocenters. The van der Waals surface area contributed by atoms with E-state index in [1.165, 1.54) is 17.0 Å². The molecule has 37 heavy (non-hydrogen) atoms. The third-order valence-corrected chi connectivity index (χ3v) is 5.95. The first kappa shape index (κ1) is 25.6. The van der Waals surface area contributed by atoms with Crippen LogP contribution in [0.1, 0.15) is 24.5 Å². The highest BCUT2D eigenvalue weighted by Crippen LogP contribution is 2.25. The molecule has 8 heteroatoms. The molecule has 0 aliphatic carbocycles. The van der Waals surface area contributed by atoms with Gasteiger partial charge in [0.2, 0.25) is 5.91 Å². The standard InChI is InChI=1S/C29H30FN5O2/c1-4-17-34(29(37)32-28-20(2)9-8-10-21(28)3)19-27(36)31-26-18-25(22-11-6-5-7-12-22)33-35(26)24-15-13-23(30)14-16-24/h5-16,18H,4,17,19H2,1-3H3,(H,31,36)(H,32,37). The molecule has 0 radical (unpaired) electrons. The van der Waals surface area contributed by atoms with E-state index in [1.807, 2.05) is 69.3 Å². The zero-order chi connectivity index (χ0) is 26.4. The number of nitrogens with zero attached hydrogens (tertiary/aromatic N) is 3. The van der Waals surface area contributed by atoms with E-state index in [4.69, 9.17) is 0 Å². The Morgan fingerprint density at radius 1 is 0.919 bits per heavy atom. The molecule has 0 saturated carbocycles. The Morgan fingerprint density at radius 2 is 1.59 bits per heavy atom. The van der Waals surface area contributed by atoms with Crippen LogP contribution < -0.4 is 10.6 Å². The molecule has 0 bridgehead atoms. The van der Waals surface area contributed by atoms with Crippen molar-refractivity contribution >= 4 is 23.4 Å². The van der Waals surface area contributed by atoms with Crippen LogP contribution in [-0.4, -0.2) is 39.7 Å². The van der Waals surface area contributed by atoms with Crippen molar-refractivity contribution in [2.75, 3.05) is 23.7 Å². The summed E-state index contributed by atoms with van der Waals surface area (Å²) in [7, 11) is 0. The van der Waals surface area contributed by atoms with Gasteiger partial charge in [0, 0.05) is 23.9 Å². The molecule has 7 nitrogen and oxygen atoms in total. The van der Waals surface area contributed by atoms with E-state index < -0.39 is 0 Å². The summed E-state index contributed by atoms with van der Waals surface area (Å²) in [4.78, 5) is 27.7. The summed E-state index contributed by atoms with van der Waals surface area (Å²) < 4.78 is 15.1. The van der Waals surface area contributed by atoms with Gasteiger partial charge in [0.05, 0.1) is 11.4 Å². The molecule has 190 valence electrons. The Balaban J connectivity index is 1.56. The number of aryl methyl sites for hydroxylation is 2. The van der Waals surface area contributed by atoms with Gasteiger partial charge >= 0.3 is 6.03 Å². The van der Waals surface area contributed by atoms with Crippen molar-refractivity contribution in [2.45, 2.75) is 27.2 Å². The lowest BCUT2D eigenvalue weighted by atomic mass is 10.1. The van der Waals surface area contributed by atoms with Gasteiger partial charge in [0.1, 0.15) is 18.2 Å². The number of aromatic nitrogens is 2. The summed E-state index contributed by atoms with van der Waals surface area (Å²) in [6.07, 6.45) is 0.694. The van der Waals surface area contributed by atoms with Gasteiger partial charge in [-0.15, -0.1) is 0 Å². The molecule has 3 aromatic carbocycles. The fourth-order valence-corrected chi connectivity index (χ4v) is 4.07. The van der Waals surface area contributed by atoms with Crippen LogP contribution in [0.15, 0.2) is 78.9 Å². The molecular weight excluding hydrogens is 469 g/mol. The van der Waals surface area contributed by atoms with Crippen molar-refractivity contribution in [2.24, 2.45) is 0 Å². The molecule has 4 rings (SSSR count). The number of hydrogen-bond donors (Lipinski definition) is 2. The monoisotopic (exact) mass is 499 g/mol. The number of hydrogen-bond acceptors (Lipinski definition) is 3. The van der Waals surface area contributed by atoms with E-state index in [1.54, 1.807) is 22.9 Å². The number of amides is 3. The second kappa shape index (κ2) is 11.5. The van der Waals surface area contributed by atoms with Gasteiger partial charge in [-0.2, -0.15) is 5.10 Å². The number of urea groups is 1. The summed E-state index contributed by atoms with van der Waals surface area (Å²) >= 11 is 0. The first-order valence-electron chi connectivity index (χ1n) is 12.2. The Labute approximate surface area is 215 Å². The number of benzene rings is 3. The minimum absolute atomic E-state index is 0.139. The van der Waals surface area contributed by atoms with Crippen LogP contribution >= 0.6 is 0 Å². The largest absolute Gasteiger partial charge is 0.322 e. The highest BCUT2D eigenvalue weighted by Gasteiger charge is 2.20. The van der Waals surface area contributed by atoms with E-state index in [-0.39, 0.29) is 24.3 Å². The molecule has 4 aromatic rings. The third kappa shape index (κ3) is 6.22. The zero-order valence-corrected chi connectivity index (χ0v) is 21.2. The summed E-state index contributed by atoms with van der Waals surface area (Å²) in [6, 6.07) is 22.6. The van der Waals surface area contributed by atoms with Gasteiger partial charge in [-0.3, -0.25) is 4.79 Å². The fraction of sp³-hybridized carbons (Fsp3) is 0.207. The maximum absolute atomic E-state index is 13.5. The first-order chi connectivity index (χ1) is 17.9. The molecule has 1 heterocycles. The highest BCUT2D eigenvalue weighted by molar-refractivity contribution is 5.97. The predicted molar refractivity (Wildman–Crippen MR) is 144 cm³/mol. The molecule has 0 spiro atoms. The number of rotatable bonds is 8. The van der Waals surface area contributed by atoms with Crippen LogP contribution in [0.25, 0.3) is 16.9 Å². The SMILES string of the molecule is CCCN(CC(=O)Nc1cc(-c2ccccc2)nn1-c1ccc(F)cc1)C(=O)Nc1c(C)cccc1C. The van der Waals surface area contributed by atoms with Crippen LogP contribution in [0.3, 0.4) is 0 Å². The van der Waals surface area contributed by atoms with Crippen molar-refractivity contribution in [3.05, 3.63) is 95.8 Å². The van der Waals surface area contributed by atoms with Crippen molar-refractivity contribution in [3.8, 4) is 16.9 Å². The minimum Gasteiger partial charge on any atom is -0.315 e. The Hall–Kier alpha value is -4.46. The summed E-state index contributed by atoms with van der Waals surface area (Å²) in [5, 5.41) is 10.5. The van der Waals surface area contributed by atoms with Gasteiger partial charge in [0.15, 0.2) is 0 Å². The Morgan fingerprint density at radius 3 is 2.24 bits per heavy atom. The lowest BCUT2D eigenvalue weighted by Gasteiger charge is -2.23. The van der Waals surface area contributed by atoms with Crippen LogP contribution in [0.5, 0.6) is 0 Å². The van der Waals surface area contributed by atoms with E-state index in [0.717, 1.165) is 22.4 Å². The topological polar surface area (TPSA) is 79.3 Å². The molecular formula is C29H30FN5O2. The summed E-state index contributed by atoms with van der Waals surface area (Å²) in [5.74, 6) is -0.315. The molecule has 0 fully saturated rings. The number of anilines is 2. The molecule has 0 aliphatic rings. The fourth-order valence-electron chi connectivity index (χ4n) is 4.07. The van der Waals surface area contributed by atoms with Crippen LogP contribution in [0, 0.1) is 19.7 Å². The van der Waals surface area contributed by atoms with Crippen LogP contribution in [0.4, 0.5) is 20.7 Å². The van der Waals surface area contributed by atoms with Crippen molar-refractivity contribution < 1.29 is 14.0 Å². The highest BCUT2D eigenvalue weighted by atomic mass is 19.1. The lowest BCUT2D eigenvalue weighted by Crippen LogP contribution is -2.41. The molecule has 1 aromatic heterocycles. The summed E-state index contributed by atoms with van der Waals surface area (Å²) in [6.45, 7) is 6.09.